The summed E-state index contributed by atoms with van der Waals surface area (Å²) in [4.78, 5) is 13.8. The molecule has 0 radical (unpaired) electrons. The lowest BCUT2D eigenvalue weighted by Crippen LogP contribution is -2.18. The Hall–Kier alpha value is -4.94. The van der Waals surface area contributed by atoms with Crippen molar-refractivity contribution in [2.24, 2.45) is 5.10 Å². The number of benzene rings is 2. The van der Waals surface area contributed by atoms with Crippen molar-refractivity contribution in [1.29, 1.82) is 0 Å². The van der Waals surface area contributed by atoms with Gasteiger partial charge >= 0.3 is 0 Å². The molecule has 3 heterocycles. The van der Waals surface area contributed by atoms with E-state index in [4.69, 9.17) is 9.97 Å². The van der Waals surface area contributed by atoms with Gasteiger partial charge in [0.25, 0.3) is 0 Å². The molecule has 0 aliphatic carbocycles. The van der Waals surface area contributed by atoms with Crippen molar-refractivity contribution in [3.8, 4) is 16.9 Å². The Morgan fingerprint density at radius 2 is 1.72 bits per heavy atom. The number of pyridine rings is 1. The van der Waals surface area contributed by atoms with Gasteiger partial charge in [-0.3, -0.25) is 10.4 Å². The molecule has 3 N–H and O–H groups in total. The first-order valence-corrected chi connectivity index (χ1v) is 13.4. The fraction of sp³-hybridized carbons (Fsp3) is 0.0741. The highest BCUT2D eigenvalue weighted by Crippen LogP contribution is 2.33. The number of rotatable bonds is 9. The van der Waals surface area contributed by atoms with Crippen LogP contribution in [0, 0.1) is 0 Å². The van der Waals surface area contributed by atoms with Crippen molar-refractivity contribution >= 4 is 33.2 Å². The molecule has 3 aromatic heterocycles. The Labute approximate surface area is 225 Å². The molecule has 5 aromatic rings. The van der Waals surface area contributed by atoms with Crippen molar-refractivity contribution in [1.82, 2.24) is 29.5 Å². The van der Waals surface area contributed by atoms with Crippen LogP contribution in [0.3, 0.4) is 0 Å². The third kappa shape index (κ3) is 5.81. The van der Waals surface area contributed by atoms with Gasteiger partial charge in [0.15, 0.2) is 11.6 Å². The summed E-state index contributed by atoms with van der Waals surface area (Å²) in [6.45, 7) is 1.82. The van der Waals surface area contributed by atoms with E-state index in [9.17, 15) is 8.42 Å². The van der Waals surface area contributed by atoms with Crippen LogP contribution in [0.15, 0.2) is 108 Å². The number of hydrazone groups is 1. The molecule has 5 rings (SSSR count). The highest BCUT2D eigenvalue weighted by Gasteiger charge is 2.19. The number of anilines is 3. The first kappa shape index (κ1) is 25.7. The maximum absolute atomic E-state index is 12.1. The summed E-state index contributed by atoms with van der Waals surface area (Å²) < 4.78 is 28.1. The zero-order valence-electron chi connectivity index (χ0n) is 21.1. The van der Waals surface area contributed by atoms with E-state index in [0.29, 0.717) is 28.9 Å². The molecule has 196 valence electrons. The standard InChI is InChI=1S/C27H25N9O2S/c1-19(20-11-13-23(14-12-20)39(37,38)28-2)34-35-25-24(21-8-4-3-5-9-21)26(36-17-7-16-30-36)33-27(32-25)31-22-10-6-15-29-18-22/h3-18,28H,1-2H3,(H2,31,32,33,35). The smallest absolute Gasteiger partial charge is 0.240 e. The van der Waals surface area contributed by atoms with Crippen LogP contribution in [0.4, 0.5) is 17.5 Å². The minimum absolute atomic E-state index is 0.173. The van der Waals surface area contributed by atoms with E-state index in [1.54, 1.807) is 35.4 Å². The molecule has 11 nitrogen and oxygen atoms in total. The SMILES string of the molecule is CNS(=O)(=O)c1ccc(C(C)=NNc2nc(Nc3cccnc3)nc(-n3cccn3)c2-c2ccccc2)cc1. The van der Waals surface area contributed by atoms with Crippen molar-refractivity contribution in [3.63, 3.8) is 0 Å². The zero-order chi connectivity index (χ0) is 27.2. The summed E-state index contributed by atoms with van der Waals surface area (Å²) in [5, 5.41) is 12.2. The Kier molecular flexibility index (Phi) is 7.39. The van der Waals surface area contributed by atoms with E-state index in [0.717, 1.165) is 16.8 Å². The van der Waals surface area contributed by atoms with Crippen LogP contribution in [0.2, 0.25) is 0 Å². The summed E-state index contributed by atoms with van der Waals surface area (Å²) in [5.74, 6) is 1.32. The van der Waals surface area contributed by atoms with Crippen LogP contribution in [-0.4, -0.2) is 45.9 Å². The van der Waals surface area contributed by atoms with E-state index < -0.39 is 10.0 Å². The molecule has 2 aromatic carbocycles. The van der Waals surface area contributed by atoms with Crippen LogP contribution in [0.1, 0.15) is 12.5 Å². The minimum Gasteiger partial charge on any atom is -0.323 e. The normalized spacial score (nSPS) is 11.8. The molecule has 0 unspecified atom stereocenters. The molecular formula is C27H25N9O2S. The number of aromatic nitrogens is 5. The molecule has 0 bridgehead atoms. The summed E-state index contributed by atoms with van der Waals surface area (Å²) in [6.07, 6.45) is 6.85. The molecule has 12 heteroatoms. The van der Waals surface area contributed by atoms with Crippen molar-refractivity contribution < 1.29 is 8.42 Å². The Bertz CT molecular complexity index is 1690. The number of nitrogens with zero attached hydrogens (tertiary/aromatic N) is 6. The first-order valence-electron chi connectivity index (χ1n) is 11.9. The van der Waals surface area contributed by atoms with Crippen molar-refractivity contribution in [3.05, 3.63) is 103 Å². The molecule has 0 spiro atoms. The number of nitrogens with one attached hydrogen (secondary N) is 3. The average molecular weight is 540 g/mol. The molecule has 39 heavy (non-hydrogen) atoms. The monoisotopic (exact) mass is 539 g/mol. The fourth-order valence-electron chi connectivity index (χ4n) is 3.78. The zero-order valence-corrected chi connectivity index (χ0v) is 22.0. The van der Waals surface area contributed by atoms with Crippen LogP contribution in [0.25, 0.3) is 16.9 Å². The second-order valence-electron chi connectivity index (χ2n) is 8.32. The summed E-state index contributed by atoms with van der Waals surface area (Å²) >= 11 is 0. The fourth-order valence-corrected chi connectivity index (χ4v) is 4.51. The lowest BCUT2D eigenvalue weighted by molar-refractivity contribution is 0.588. The van der Waals surface area contributed by atoms with Gasteiger partial charge in [-0.15, -0.1) is 0 Å². The first-order chi connectivity index (χ1) is 18.9. The lowest BCUT2D eigenvalue weighted by atomic mass is 10.1. The lowest BCUT2D eigenvalue weighted by Gasteiger charge is -2.16. The topological polar surface area (TPSA) is 139 Å². The van der Waals surface area contributed by atoms with Gasteiger partial charge in [-0.1, -0.05) is 42.5 Å². The van der Waals surface area contributed by atoms with Crippen LogP contribution in [-0.2, 0) is 10.0 Å². The van der Waals surface area contributed by atoms with Gasteiger partial charge in [-0.05, 0) is 55.4 Å². The second-order valence-corrected chi connectivity index (χ2v) is 10.2. The second kappa shape index (κ2) is 11.2. The van der Waals surface area contributed by atoms with E-state index >= 15 is 0 Å². The maximum Gasteiger partial charge on any atom is 0.240 e. The third-order valence-electron chi connectivity index (χ3n) is 5.77. The summed E-state index contributed by atoms with van der Waals surface area (Å²) in [7, 11) is -2.16. The predicted molar refractivity (Wildman–Crippen MR) is 151 cm³/mol. The Morgan fingerprint density at radius 1 is 0.923 bits per heavy atom. The third-order valence-corrected chi connectivity index (χ3v) is 7.20. The van der Waals surface area contributed by atoms with Gasteiger partial charge < -0.3 is 5.32 Å². The van der Waals surface area contributed by atoms with Gasteiger partial charge in [0.05, 0.1) is 28.1 Å². The summed E-state index contributed by atoms with van der Waals surface area (Å²) in [5.41, 5.74) is 6.76. The molecule has 0 aliphatic heterocycles. The van der Waals surface area contributed by atoms with Crippen molar-refractivity contribution in [2.45, 2.75) is 11.8 Å². The molecule has 0 amide bonds. The highest BCUT2D eigenvalue weighted by molar-refractivity contribution is 7.89. The molecule has 0 fully saturated rings. The van der Waals surface area contributed by atoms with Gasteiger partial charge in [-0.25, -0.2) is 17.8 Å². The summed E-state index contributed by atoms with van der Waals surface area (Å²) in [6, 6.07) is 21.7. The van der Waals surface area contributed by atoms with Crippen LogP contribution in [0.5, 0.6) is 0 Å². The largest absolute Gasteiger partial charge is 0.323 e. The van der Waals surface area contributed by atoms with E-state index in [1.165, 1.54) is 19.2 Å². The van der Waals surface area contributed by atoms with Gasteiger partial charge in [-0.2, -0.15) is 20.2 Å². The maximum atomic E-state index is 12.1. The average Bonchev–Trinajstić information content (AvgIpc) is 3.52. The molecule has 0 saturated carbocycles. The van der Waals surface area contributed by atoms with Gasteiger partial charge in [0.1, 0.15) is 0 Å². The molecule has 0 atom stereocenters. The highest BCUT2D eigenvalue weighted by atomic mass is 32.2. The molecule has 0 aliphatic rings. The van der Waals surface area contributed by atoms with Gasteiger partial charge in [0, 0.05) is 18.6 Å². The van der Waals surface area contributed by atoms with Crippen LogP contribution >= 0.6 is 0 Å². The van der Waals surface area contributed by atoms with Crippen LogP contribution < -0.4 is 15.5 Å². The minimum atomic E-state index is -3.53. The number of hydrogen-bond donors (Lipinski definition) is 3. The Morgan fingerprint density at radius 3 is 2.38 bits per heavy atom. The van der Waals surface area contributed by atoms with Crippen molar-refractivity contribution in [2.75, 3.05) is 17.8 Å². The quantitative estimate of drug-likeness (QED) is 0.187. The predicted octanol–water partition coefficient (Wildman–Crippen LogP) is 4.21. The molecular weight excluding hydrogens is 514 g/mol. The van der Waals surface area contributed by atoms with E-state index in [-0.39, 0.29) is 4.90 Å². The van der Waals surface area contributed by atoms with E-state index in [2.05, 4.69) is 30.6 Å². The Balaban J connectivity index is 1.58. The van der Waals surface area contributed by atoms with Gasteiger partial charge in [0.2, 0.25) is 16.0 Å². The number of hydrogen-bond acceptors (Lipinski definition) is 9. The molecule has 0 saturated heterocycles. The number of sulfonamides is 1. The van der Waals surface area contributed by atoms with E-state index in [1.807, 2.05) is 61.7 Å².